The second-order valence-electron chi connectivity index (χ2n) is 5.29. The van der Waals surface area contributed by atoms with Crippen molar-refractivity contribution in [2.45, 2.75) is 64.4 Å². The number of hydrogen-bond acceptors (Lipinski definition) is 2. The smallest absolute Gasteiger partial charge is 0.306 e. The first-order valence-electron chi connectivity index (χ1n) is 6.46. The molecule has 1 saturated carbocycles. The molecular formula is C13H24O3. The summed E-state index contributed by atoms with van der Waals surface area (Å²) in [7, 11) is 0. The van der Waals surface area contributed by atoms with Gasteiger partial charge in [0.05, 0.1) is 11.5 Å². The van der Waals surface area contributed by atoms with Crippen molar-refractivity contribution in [3.63, 3.8) is 0 Å². The highest BCUT2D eigenvalue weighted by atomic mass is 16.4. The number of unbranched alkanes of at least 4 members (excludes halogenated alkanes) is 1. The number of carboxylic acids is 1. The number of carbonyl (C=O) groups is 1. The Morgan fingerprint density at radius 3 is 2.50 bits per heavy atom. The molecule has 1 fully saturated rings. The fraction of sp³-hybridized carbons (Fsp3) is 0.923. The van der Waals surface area contributed by atoms with E-state index in [4.69, 9.17) is 5.11 Å². The van der Waals surface area contributed by atoms with Crippen LogP contribution in [0.15, 0.2) is 0 Å². The summed E-state index contributed by atoms with van der Waals surface area (Å²) in [4.78, 5) is 10.7. The highest BCUT2D eigenvalue weighted by Crippen LogP contribution is 2.43. The Morgan fingerprint density at radius 1 is 1.44 bits per heavy atom. The first kappa shape index (κ1) is 13.5. The van der Waals surface area contributed by atoms with E-state index >= 15 is 0 Å². The second-order valence-corrected chi connectivity index (χ2v) is 5.29. The lowest BCUT2D eigenvalue weighted by molar-refractivity contribution is -0.160. The highest BCUT2D eigenvalue weighted by molar-refractivity contribution is 5.71. The maximum atomic E-state index is 10.7. The van der Waals surface area contributed by atoms with Gasteiger partial charge in [0, 0.05) is 0 Å². The third-order valence-electron chi connectivity index (χ3n) is 3.81. The third-order valence-corrected chi connectivity index (χ3v) is 3.81. The van der Waals surface area contributed by atoms with Gasteiger partial charge in [0.25, 0.3) is 0 Å². The summed E-state index contributed by atoms with van der Waals surface area (Å²) in [6.07, 6.45) is 6.32. The van der Waals surface area contributed by atoms with E-state index in [1.165, 1.54) is 12.8 Å². The Labute approximate surface area is 97.9 Å². The molecule has 1 rings (SSSR count). The van der Waals surface area contributed by atoms with Gasteiger partial charge in [-0.1, -0.05) is 39.5 Å². The molecule has 0 saturated heterocycles. The zero-order valence-corrected chi connectivity index (χ0v) is 10.4. The summed E-state index contributed by atoms with van der Waals surface area (Å²) in [6, 6.07) is 0. The zero-order valence-electron chi connectivity index (χ0n) is 10.4. The van der Waals surface area contributed by atoms with Crippen molar-refractivity contribution in [2.24, 2.45) is 11.8 Å². The maximum absolute atomic E-state index is 10.7. The van der Waals surface area contributed by atoms with Gasteiger partial charge in [-0.05, 0) is 25.2 Å². The molecule has 0 heterocycles. The molecule has 3 heteroatoms. The fourth-order valence-corrected chi connectivity index (χ4v) is 2.68. The molecule has 1 aliphatic carbocycles. The Hall–Kier alpha value is -0.570. The van der Waals surface area contributed by atoms with E-state index in [1.807, 2.05) is 0 Å². The van der Waals surface area contributed by atoms with Gasteiger partial charge >= 0.3 is 5.97 Å². The van der Waals surface area contributed by atoms with Gasteiger partial charge in [-0.25, -0.2) is 0 Å². The van der Waals surface area contributed by atoms with Crippen LogP contribution in [0.4, 0.5) is 0 Å². The molecule has 94 valence electrons. The van der Waals surface area contributed by atoms with Crippen LogP contribution in [0.3, 0.4) is 0 Å². The Morgan fingerprint density at radius 2 is 2.06 bits per heavy atom. The summed E-state index contributed by atoms with van der Waals surface area (Å²) in [5, 5.41) is 19.0. The summed E-state index contributed by atoms with van der Waals surface area (Å²) in [6.45, 7) is 4.32. The molecule has 0 radical (unpaired) electrons. The van der Waals surface area contributed by atoms with Crippen molar-refractivity contribution in [1.29, 1.82) is 0 Å². The van der Waals surface area contributed by atoms with Gasteiger partial charge in [0.2, 0.25) is 0 Å². The quantitative estimate of drug-likeness (QED) is 0.704. The number of rotatable bonds is 7. The summed E-state index contributed by atoms with van der Waals surface area (Å²) >= 11 is 0. The normalized spacial score (nSPS) is 30.8. The van der Waals surface area contributed by atoms with Gasteiger partial charge in [0.1, 0.15) is 0 Å². The first-order chi connectivity index (χ1) is 7.50. The van der Waals surface area contributed by atoms with Crippen LogP contribution in [0.2, 0.25) is 0 Å². The standard InChI is InChI=1S/C13H24O3/c1-3-5-6-10(4-2)7-13(16)8-11(9-13)12(14)15/h10-11,16H,3-9H2,1-2H3,(H,14,15). The van der Waals surface area contributed by atoms with E-state index in [0.29, 0.717) is 18.8 Å². The number of carboxylic acid groups (broad SMARTS) is 1. The predicted octanol–water partition coefficient (Wildman–Crippen LogP) is 2.82. The molecule has 1 unspecified atom stereocenters. The van der Waals surface area contributed by atoms with Crippen LogP contribution in [0.25, 0.3) is 0 Å². The molecule has 0 aromatic heterocycles. The number of aliphatic hydroxyl groups is 1. The Balaban J connectivity index is 2.33. The van der Waals surface area contributed by atoms with Crippen molar-refractivity contribution in [2.75, 3.05) is 0 Å². The van der Waals surface area contributed by atoms with Gasteiger partial charge in [-0.2, -0.15) is 0 Å². The molecule has 3 nitrogen and oxygen atoms in total. The van der Waals surface area contributed by atoms with Crippen molar-refractivity contribution in [3.8, 4) is 0 Å². The van der Waals surface area contributed by atoms with Crippen molar-refractivity contribution >= 4 is 5.97 Å². The van der Waals surface area contributed by atoms with Gasteiger partial charge < -0.3 is 10.2 Å². The molecule has 0 amide bonds. The van der Waals surface area contributed by atoms with Gasteiger partial charge in [-0.3, -0.25) is 4.79 Å². The molecule has 1 aliphatic rings. The molecule has 0 aliphatic heterocycles. The monoisotopic (exact) mass is 228 g/mol. The van der Waals surface area contributed by atoms with E-state index in [0.717, 1.165) is 19.3 Å². The van der Waals surface area contributed by atoms with Crippen LogP contribution in [0.5, 0.6) is 0 Å². The molecular weight excluding hydrogens is 204 g/mol. The van der Waals surface area contributed by atoms with Crippen molar-refractivity contribution in [1.82, 2.24) is 0 Å². The van der Waals surface area contributed by atoms with Crippen LogP contribution in [-0.2, 0) is 4.79 Å². The molecule has 16 heavy (non-hydrogen) atoms. The van der Waals surface area contributed by atoms with E-state index in [9.17, 15) is 9.90 Å². The molecule has 0 spiro atoms. The SMILES string of the molecule is CCCCC(CC)CC1(O)CC(C(=O)O)C1. The lowest BCUT2D eigenvalue weighted by Gasteiger charge is -2.43. The Kier molecular flexibility index (Phi) is 4.78. The molecule has 0 bridgehead atoms. The average molecular weight is 228 g/mol. The van der Waals surface area contributed by atoms with E-state index in [1.54, 1.807) is 0 Å². The minimum Gasteiger partial charge on any atom is -0.481 e. The average Bonchev–Trinajstić information content (AvgIpc) is 2.20. The number of hydrogen-bond donors (Lipinski definition) is 2. The van der Waals surface area contributed by atoms with Crippen LogP contribution in [0.1, 0.15) is 58.8 Å². The first-order valence-corrected chi connectivity index (χ1v) is 6.46. The van der Waals surface area contributed by atoms with Crippen LogP contribution < -0.4 is 0 Å². The van der Waals surface area contributed by atoms with Crippen molar-refractivity contribution < 1.29 is 15.0 Å². The van der Waals surface area contributed by atoms with Gasteiger partial charge in [0.15, 0.2) is 0 Å². The summed E-state index contributed by atoms with van der Waals surface area (Å²) < 4.78 is 0. The molecule has 1 atom stereocenters. The lowest BCUT2D eigenvalue weighted by Crippen LogP contribution is -2.48. The van der Waals surface area contributed by atoms with Gasteiger partial charge in [-0.15, -0.1) is 0 Å². The van der Waals surface area contributed by atoms with Crippen LogP contribution >= 0.6 is 0 Å². The third kappa shape index (κ3) is 3.48. The molecule has 0 aromatic carbocycles. The summed E-state index contributed by atoms with van der Waals surface area (Å²) in [5.41, 5.74) is -0.683. The second kappa shape index (κ2) is 5.67. The molecule has 0 aromatic rings. The zero-order chi connectivity index (χ0) is 12.2. The lowest BCUT2D eigenvalue weighted by atomic mass is 9.66. The Bertz CT molecular complexity index is 231. The number of aliphatic carboxylic acids is 1. The summed E-state index contributed by atoms with van der Waals surface area (Å²) in [5.74, 6) is -0.514. The maximum Gasteiger partial charge on any atom is 0.306 e. The minimum atomic E-state index is -0.758. The minimum absolute atomic E-state index is 0.311. The topological polar surface area (TPSA) is 57.5 Å². The predicted molar refractivity (Wildman–Crippen MR) is 63.2 cm³/mol. The highest BCUT2D eigenvalue weighted by Gasteiger charge is 2.46. The van der Waals surface area contributed by atoms with E-state index < -0.39 is 11.6 Å². The van der Waals surface area contributed by atoms with Crippen molar-refractivity contribution in [3.05, 3.63) is 0 Å². The van der Waals surface area contributed by atoms with Crippen LogP contribution in [-0.4, -0.2) is 21.8 Å². The van der Waals surface area contributed by atoms with E-state index in [-0.39, 0.29) is 5.92 Å². The van der Waals surface area contributed by atoms with E-state index in [2.05, 4.69) is 13.8 Å². The fourth-order valence-electron chi connectivity index (χ4n) is 2.68. The molecule has 2 N–H and O–H groups in total. The largest absolute Gasteiger partial charge is 0.481 e. The van der Waals surface area contributed by atoms with Crippen LogP contribution in [0, 0.1) is 11.8 Å².